The normalized spacial score (nSPS) is 12.1. The molecule has 0 aliphatic rings. The van der Waals surface area contributed by atoms with Crippen molar-refractivity contribution in [3.05, 3.63) is 53.6 Å². The average molecular weight is 363 g/mol. The van der Waals surface area contributed by atoms with Crippen molar-refractivity contribution in [1.29, 1.82) is 0 Å². The molecule has 0 saturated carbocycles. The minimum absolute atomic E-state index is 0.221. The van der Waals surface area contributed by atoms with E-state index in [9.17, 15) is 0 Å². The molecule has 1 unspecified atom stereocenters. The van der Waals surface area contributed by atoms with Gasteiger partial charge in [-0.3, -0.25) is 0 Å². The van der Waals surface area contributed by atoms with Crippen LogP contribution in [0, 0.1) is 13.8 Å². The molecular formula is C19H26N2OS2. The third-order valence-corrected chi connectivity index (χ3v) is 5.32. The van der Waals surface area contributed by atoms with Gasteiger partial charge in [0.15, 0.2) is 0 Å². The lowest BCUT2D eigenvalue weighted by molar-refractivity contribution is 0.309. The fraction of sp³-hybridized carbons (Fsp3) is 0.474. The maximum absolute atomic E-state index is 5.75. The van der Waals surface area contributed by atoms with Gasteiger partial charge in [0.2, 0.25) is 4.38 Å². The number of rotatable bonds is 8. The van der Waals surface area contributed by atoms with E-state index in [1.165, 1.54) is 29.5 Å². The molecule has 5 heteroatoms. The lowest BCUT2D eigenvalue weighted by Gasteiger charge is -2.20. The van der Waals surface area contributed by atoms with Crippen molar-refractivity contribution < 1.29 is 4.74 Å². The van der Waals surface area contributed by atoms with Crippen LogP contribution in [-0.4, -0.2) is 20.5 Å². The molecule has 1 aromatic carbocycles. The topological polar surface area (TPSA) is 27.1 Å². The summed E-state index contributed by atoms with van der Waals surface area (Å²) < 4.78 is 8.48. The van der Waals surface area contributed by atoms with Crippen LogP contribution in [0.5, 0.6) is 0 Å². The zero-order valence-electron chi connectivity index (χ0n) is 14.7. The standard InChI is InChI=1S/C19H26N2OS2/c1-4-5-6-11-22-19(23)24-18(13-21-10-9-20-14-21)17-8-7-15(2)12-16(17)3/h7-10,12,14,18H,4-6,11,13H2,1-3H3. The molecule has 0 aliphatic heterocycles. The van der Waals surface area contributed by atoms with Gasteiger partial charge in [0.05, 0.1) is 18.2 Å². The Morgan fingerprint density at radius 2 is 2.17 bits per heavy atom. The molecule has 0 radical (unpaired) electrons. The Bertz CT molecular complexity index is 641. The zero-order chi connectivity index (χ0) is 17.4. The Morgan fingerprint density at radius 3 is 2.83 bits per heavy atom. The second kappa shape index (κ2) is 9.84. The number of thiocarbonyl (C=S) groups is 1. The van der Waals surface area contributed by atoms with E-state index in [1.807, 2.05) is 18.7 Å². The second-order valence-corrected chi connectivity index (χ2v) is 7.84. The first-order valence-electron chi connectivity index (χ1n) is 8.46. The molecule has 0 N–H and O–H groups in total. The summed E-state index contributed by atoms with van der Waals surface area (Å²) in [5.41, 5.74) is 3.88. The molecule has 2 rings (SSSR count). The van der Waals surface area contributed by atoms with E-state index in [0.717, 1.165) is 13.0 Å². The number of unbranched alkanes of at least 4 members (excludes halogenated alkanes) is 2. The molecule has 24 heavy (non-hydrogen) atoms. The number of nitrogens with zero attached hydrogens (tertiary/aromatic N) is 2. The fourth-order valence-electron chi connectivity index (χ4n) is 2.63. The minimum atomic E-state index is 0.221. The predicted octanol–water partition coefficient (Wildman–Crippen LogP) is 5.47. The third kappa shape index (κ3) is 5.95. The average Bonchev–Trinajstić information content (AvgIpc) is 3.04. The largest absolute Gasteiger partial charge is 0.479 e. The molecule has 1 heterocycles. The smallest absolute Gasteiger partial charge is 0.220 e. The van der Waals surface area contributed by atoms with Gasteiger partial charge in [-0.05, 0) is 43.6 Å². The van der Waals surface area contributed by atoms with Gasteiger partial charge in [0, 0.05) is 18.9 Å². The van der Waals surface area contributed by atoms with Gasteiger partial charge in [-0.2, -0.15) is 0 Å². The van der Waals surface area contributed by atoms with Crippen molar-refractivity contribution in [2.75, 3.05) is 6.61 Å². The number of aryl methyl sites for hydroxylation is 2. The van der Waals surface area contributed by atoms with Gasteiger partial charge in [-0.25, -0.2) is 4.98 Å². The third-order valence-electron chi connectivity index (χ3n) is 3.91. The molecule has 3 nitrogen and oxygen atoms in total. The highest BCUT2D eigenvalue weighted by Gasteiger charge is 2.18. The molecule has 1 aromatic heterocycles. The maximum Gasteiger partial charge on any atom is 0.220 e. The van der Waals surface area contributed by atoms with Gasteiger partial charge < -0.3 is 9.30 Å². The molecule has 0 spiro atoms. The van der Waals surface area contributed by atoms with Crippen molar-refractivity contribution in [3.63, 3.8) is 0 Å². The van der Waals surface area contributed by atoms with Crippen LogP contribution in [0.2, 0.25) is 0 Å². The van der Waals surface area contributed by atoms with Crippen LogP contribution in [-0.2, 0) is 11.3 Å². The minimum Gasteiger partial charge on any atom is -0.479 e. The SMILES string of the molecule is CCCCCOC(=S)SC(Cn1ccnc1)c1ccc(C)cc1C. The summed E-state index contributed by atoms with van der Waals surface area (Å²) in [6.45, 7) is 8.01. The van der Waals surface area contributed by atoms with Crippen LogP contribution in [0.1, 0.15) is 48.1 Å². The number of imidazole rings is 1. The first-order valence-corrected chi connectivity index (χ1v) is 9.75. The Morgan fingerprint density at radius 1 is 1.33 bits per heavy atom. The molecule has 0 fully saturated rings. The van der Waals surface area contributed by atoms with Gasteiger partial charge >= 0.3 is 0 Å². The van der Waals surface area contributed by atoms with Crippen LogP contribution in [0.25, 0.3) is 0 Å². The number of ether oxygens (including phenoxy) is 1. The highest BCUT2D eigenvalue weighted by molar-refractivity contribution is 8.22. The van der Waals surface area contributed by atoms with Crippen molar-refractivity contribution >= 4 is 28.4 Å². The van der Waals surface area contributed by atoms with Crippen LogP contribution >= 0.6 is 24.0 Å². The van der Waals surface area contributed by atoms with E-state index in [-0.39, 0.29) is 5.25 Å². The van der Waals surface area contributed by atoms with E-state index in [0.29, 0.717) is 11.0 Å². The lowest BCUT2D eigenvalue weighted by atomic mass is 10.0. The van der Waals surface area contributed by atoms with Crippen LogP contribution < -0.4 is 0 Å². The Balaban J connectivity index is 2.06. The molecule has 0 bridgehead atoms. The summed E-state index contributed by atoms with van der Waals surface area (Å²) in [5.74, 6) is 0. The summed E-state index contributed by atoms with van der Waals surface area (Å²) >= 11 is 7.10. The lowest BCUT2D eigenvalue weighted by Crippen LogP contribution is -2.10. The van der Waals surface area contributed by atoms with Gasteiger partial charge in [0.25, 0.3) is 0 Å². The Kier molecular flexibility index (Phi) is 7.79. The molecule has 2 aromatic rings. The molecule has 1 atom stereocenters. The second-order valence-electron chi connectivity index (χ2n) is 6.03. The summed E-state index contributed by atoms with van der Waals surface area (Å²) in [6, 6.07) is 6.59. The zero-order valence-corrected chi connectivity index (χ0v) is 16.3. The fourth-order valence-corrected chi connectivity index (χ4v) is 4.08. The molecular weight excluding hydrogens is 336 g/mol. The highest BCUT2D eigenvalue weighted by atomic mass is 32.2. The molecule has 130 valence electrons. The van der Waals surface area contributed by atoms with E-state index in [1.54, 1.807) is 11.8 Å². The van der Waals surface area contributed by atoms with Crippen molar-refractivity contribution in [2.24, 2.45) is 0 Å². The van der Waals surface area contributed by atoms with Crippen molar-refractivity contribution in [3.8, 4) is 0 Å². The summed E-state index contributed by atoms with van der Waals surface area (Å²) in [4.78, 5) is 4.14. The van der Waals surface area contributed by atoms with Gasteiger partial charge in [-0.15, -0.1) is 0 Å². The van der Waals surface area contributed by atoms with E-state index >= 15 is 0 Å². The number of thioether (sulfide) groups is 1. The van der Waals surface area contributed by atoms with Gasteiger partial charge in [-0.1, -0.05) is 55.3 Å². The first kappa shape index (κ1) is 19.0. The Hall–Kier alpha value is -1.33. The number of hydrogen-bond donors (Lipinski definition) is 0. The monoisotopic (exact) mass is 362 g/mol. The predicted molar refractivity (Wildman–Crippen MR) is 107 cm³/mol. The summed E-state index contributed by atoms with van der Waals surface area (Å²) in [6.07, 6.45) is 9.08. The summed E-state index contributed by atoms with van der Waals surface area (Å²) in [5, 5.41) is 0.221. The van der Waals surface area contributed by atoms with Gasteiger partial charge in [0.1, 0.15) is 0 Å². The molecule has 0 aliphatic carbocycles. The van der Waals surface area contributed by atoms with Crippen LogP contribution in [0.3, 0.4) is 0 Å². The highest BCUT2D eigenvalue weighted by Crippen LogP contribution is 2.34. The quantitative estimate of drug-likeness (QED) is 0.460. The number of hydrogen-bond acceptors (Lipinski definition) is 4. The van der Waals surface area contributed by atoms with Crippen molar-refractivity contribution in [2.45, 2.75) is 51.8 Å². The van der Waals surface area contributed by atoms with E-state index < -0.39 is 0 Å². The van der Waals surface area contributed by atoms with Crippen LogP contribution in [0.15, 0.2) is 36.9 Å². The molecule has 0 amide bonds. The number of aromatic nitrogens is 2. The Labute approximate surface area is 154 Å². The maximum atomic E-state index is 5.75. The van der Waals surface area contributed by atoms with Crippen molar-refractivity contribution in [1.82, 2.24) is 9.55 Å². The summed E-state index contributed by atoms with van der Waals surface area (Å²) in [7, 11) is 0. The molecule has 0 saturated heterocycles. The van der Waals surface area contributed by atoms with E-state index in [4.69, 9.17) is 17.0 Å². The van der Waals surface area contributed by atoms with Crippen LogP contribution in [0.4, 0.5) is 0 Å². The van der Waals surface area contributed by atoms with E-state index in [2.05, 4.69) is 48.5 Å². The number of benzene rings is 1. The first-order chi connectivity index (χ1) is 11.6.